The van der Waals surface area contributed by atoms with E-state index in [1.165, 1.54) is 9.79 Å². The van der Waals surface area contributed by atoms with Crippen LogP contribution in [0, 0.1) is 0 Å². The van der Waals surface area contributed by atoms with Crippen LogP contribution in [-0.4, -0.2) is 13.8 Å². The van der Waals surface area contributed by atoms with E-state index in [9.17, 15) is 0 Å². The molecule has 0 N–H and O–H groups in total. The molecule has 0 aliphatic heterocycles. The van der Waals surface area contributed by atoms with Gasteiger partial charge < -0.3 is 0 Å². The lowest BCUT2D eigenvalue weighted by molar-refractivity contribution is 1.36. The van der Waals surface area contributed by atoms with Gasteiger partial charge in [0.2, 0.25) is 0 Å². The van der Waals surface area contributed by atoms with E-state index in [0.29, 0.717) is 0 Å². The minimum Gasteiger partial charge on any atom is -0.0943 e. The molecule has 0 heterocycles. The lowest BCUT2D eigenvalue weighted by atomic mass is 10.4. The molecule has 0 fully saturated rings. The van der Waals surface area contributed by atoms with Crippen LogP contribution in [0.1, 0.15) is 0 Å². The smallest absolute Gasteiger partial charge is 0.0943 e. The third-order valence-corrected chi connectivity index (χ3v) is 6.38. The number of rotatable bonds is 5. The van der Waals surface area contributed by atoms with Crippen LogP contribution in [0.15, 0.2) is 82.2 Å². The standard InChI is InChI=1S/C18H23SSi/c1-20(2,3)16-10-15-19(17-11-6-4-7-12-17)18-13-8-5-9-14-18/h4-14,16H,15H2,1-3H3/q+1/b16-10+. The summed E-state index contributed by atoms with van der Waals surface area (Å²) in [6.07, 6.45) is 2.40. The molecule has 20 heavy (non-hydrogen) atoms. The van der Waals surface area contributed by atoms with Crippen molar-refractivity contribution in [2.24, 2.45) is 0 Å². The second-order valence-electron chi connectivity index (χ2n) is 5.95. The molecule has 0 saturated heterocycles. The number of hydrogen-bond donors (Lipinski definition) is 0. The van der Waals surface area contributed by atoms with Gasteiger partial charge in [0.05, 0.1) is 19.0 Å². The summed E-state index contributed by atoms with van der Waals surface area (Å²) in [7, 11) is -0.953. The van der Waals surface area contributed by atoms with Crippen LogP contribution < -0.4 is 0 Å². The first-order chi connectivity index (χ1) is 9.56. The zero-order chi connectivity index (χ0) is 14.4. The van der Waals surface area contributed by atoms with Crippen molar-refractivity contribution in [2.75, 3.05) is 5.75 Å². The molecule has 0 amide bonds. The Bertz CT molecular complexity index is 501. The molecular weight excluding hydrogens is 276 g/mol. The van der Waals surface area contributed by atoms with E-state index < -0.39 is 8.07 Å². The summed E-state index contributed by atoms with van der Waals surface area (Å²) in [5, 5.41) is 0. The van der Waals surface area contributed by atoms with Gasteiger partial charge in [-0.05, 0) is 30.3 Å². The molecule has 0 nitrogen and oxygen atoms in total. The van der Waals surface area contributed by atoms with Crippen molar-refractivity contribution < 1.29 is 0 Å². The Morgan fingerprint density at radius 3 is 1.65 bits per heavy atom. The third-order valence-electron chi connectivity index (χ3n) is 2.94. The fraction of sp³-hybridized carbons (Fsp3) is 0.222. The van der Waals surface area contributed by atoms with Gasteiger partial charge in [-0.1, -0.05) is 61.7 Å². The van der Waals surface area contributed by atoms with Gasteiger partial charge in [-0.25, -0.2) is 0 Å². The molecule has 2 aromatic rings. The Morgan fingerprint density at radius 2 is 1.25 bits per heavy atom. The third kappa shape index (κ3) is 4.69. The first-order valence-electron chi connectivity index (χ1n) is 7.05. The van der Waals surface area contributed by atoms with Crippen molar-refractivity contribution in [1.29, 1.82) is 0 Å². The first kappa shape index (κ1) is 15.1. The van der Waals surface area contributed by atoms with E-state index in [4.69, 9.17) is 0 Å². The molecule has 0 spiro atoms. The van der Waals surface area contributed by atoms with Gasteiger partial charge in [0.1, 0.15) is 5.75 Å². The van der Waals surface area contributed by atoms with Crippen LogP contribution in [0.25, 0.3) is 0 Å². The van der Waals surface area contributed by atoms with Gasteiger partial charge in [-0.3, -0.25) is 0 Å². The molecule has 0 aliphatic carbocycles. The van der Waals surface area contributed by atoms with Crippen molar-refractivity contribution in [2.45, 2.75) is 29.4 Å². The Morgan fingerprint density at radius 1 is 0.800 bits per heavy atom. The summed E-state index contributed by atoms with van der Waals surface area (Å²) < 4.78 is 0. The topological polar surface area (TPSA) is 0 Å². The molecule has 0 atom stereocenters. The quantitative estimate of drug-likeness (QED) is 0.528. The van der Waals surface area contributed by atoms with Gasteiger partial charge in [-0.15, -0.1) is 0 Å². The van der Waals surface area contributed by atoms with Crippen molar-refractivity contribution in [3.8, 4) is 0 Å². The maximum Gasteiger partial charge on any atom is 0.161 e. The van der Waals surface area contributed by atoms with E-state index in [1.807, 2.05) is 0 Å². The van der Waals surface area contributed by atoms with E-state index in [-0.39, 0.29) is 10.9 Å². The van der Waals surface area contributed by atoms with E-state index >= 15 is 0 Å². The Hall–Kier alpha value is -1.25. The normalized spacial score (nSPS) is 12.2. The minimum absolute atomic E-state index is 0.149. The van der Waals surface area contributed by atoms with E-state index in [0.717, 1.165) is 5.75 Å². The molecule has 2 rings (SSSR count). The second kappa shape index (κ2) is 6.96. The maximum atomic E-state index is 2.46. The van der Waals surface area contributed by atoms with Crippen LogP contribution in [0.2, 0.25) is 19.6 Å². The predicted molar refractivity (Wildman–Crippen MR) is 94.1 cm³/mol. The Balaban J connectivity index is 2.24. The average Bonchev–Trinajstić information content (AvgIpc) is 2.44. The van der Waals surface area contributed by atoms with Crippen LogP contribution in [-0.2, 0) is 10.9 Å². The molecule has 0 saturated carbocycles. The monoisotopic (exact) mass is 299 g/mol. The molecule has 0 aromatic heterocycles. The van der Waals surface area contributed by atoms with Crippen molar-refractivity contribution >= 4 is 19.0 Å². The summed E-state index contributed by atoms with van der Waals surface area (Å²) >= 11 is 0. The number of benzene rings is 2. The largest absolute Gasteiger partial charge is 0.161 e. The molecule has 104 valence electrons. The van der Waals surface area contributed by atoms with Gasteiger partial charge in [0.15, 0.2) is 9.79 Å². The van der Waals surface area contributed by atoms with Gasteiger partial charge >= 0.3 is 0 Å². The highest BCUT2D eigenvalue weighted by Gasteiger charge is 2.23. The highest BCUT2D eigenvalue weighted by molar-refractivity contribution is 7.97. The lowest BCUT2D eigenvalue weighted by Gasteiger charge is -2.09. The average molecular weight is 300 g/mol. The molecule has 0 radical (unpaired) electrons. The first-order valence-corrected chi connectivity index (χ1v) is 12.0. The SMILES string of the molecule is C[Si](C)(C)/C=C/C[S+](c1ccccc1)c1ccccc1. The lowest BCUT2D eigenvalue weighted by Crippen LogP contribution is -2.16. The summed E-state index contributed by atoms with van der Waals surface area (Å²) in [5.41, 5.74) is 2.46. The van der Waals surface area contributed by atoms with Crippen LogP contribution in [0.4, 0.5) is 0 Å². The zero-order valence-electron chi connectivity index (χ0n) is 12.5. The summed E-state index contributed by atoms with van der Waals surface area (Å²) in [6, 6.07) is 21.7. The maximum absolute atomic E-state index is 2.46. The molecule has 0 aliphatic rings. The fourth-order valence-corrected chi connectivity index (χ4v) is 4.91. The highest BCUT2D eigenvalue weighted by Crippen LogP contribution is 2.23. The Labute approximate surface area is 126 Å². The molecule has 0 unspecified atom stereocenters. The van der Waals surface area contributed by atoms with Crippen molar-refractivity contribution in [1.82, 2.24) is 0 Å². The van der Waals surface area contributed by atoms with Gasteiger partial charge in [-0.2, -0.15) is 0 Å². The highest BCUT2D eigenvalue weighted by atomic mass is 32.2. The predicted octanol–water partition coefficient (Wildman–Crippen LogP) is 5.16. The molecular formula is C18H23SSi+. The summed E-state index contributed by atoms with van der Waals surface area (Å²) in [4.78, 5) is 2.86. The molecule has 2 aromatic carbocycles. The van der Waals surface area contributed by atoms with Gasteiger partial charge in [0, 0.05) is 0 Å². The summed E-state index contributed by atoms with van der Waals surface area (Å²) in [5.74, 6) is 1.11. The van der Waals surface area contributed by atoms with Crippen LogP contribution in [0.5, 0.6) is 0 Å². The molecule has 0 bridgehead atoms. The Kier molecular flexibility index (Phi) is 5.27. The van der Waals surface area contributed by atoms with Crippen molar-refractivity contribution in [3.63, 3.8) is 0 Å². The molecule has 2 heteroatoms. The number of hydrogen-bond acceptors (Lipinski definition) is 0. The zero-order valence-corrected chi connectivity index (χ0v) is 14.4. The van der Waals surface area contributed by atoms with E-state index in [2.05, 4.69) is 92.1 Å². The van der Waals surface area contributed by atoms with Gasteiger partial charge in [0.25, 0.3) is 0 Å². The second-order valence-corrected chi connectivity index (χ2v) is 13.1. The summed E-state index contributed by atoms with van der Waals surface area (Å²) in [6.45, 7) is 7.14. The van der Waals surface area contributed by atoms with Crippen LogP contribution >= 0.6 is 0 Å². The van der Waals surface area contributed by atoms with Crippen LogP contribution in [0.3, 0.4) is 0 Å². The fourth-order valence-electron chi connectivity index (χ4n) is 2.00. The van der Waals surface area contributed by atoms with E-state index in [1.54, 1.807) is 0 Å². The minimum atomic E-state index is -1.10. The van der Waals surface area contributed by atoms with Crippen molar-refractivity contribution in [3.05, 3.63) is 72.4 Å².